The second kappa shape index (κ2) is 14.6. The first kappa shape index (κ1) is 24.7. The van der Waals surface area contributed by atoms with Crippen molar-refractivity contribution in [1.29, 1.82) is 0 Å². The molecule has 2 unspecified atom stereocenters. The summed E-state index contributed by atoms with van der Waals surface area (Å²) >= 11 is 0. The molecule has 160 valence electrons. The van der Waals surface area contributed by atoms with Crippen LogP contribution in [0.3, 0.4) is 0 Å². The molecule has 0 heterocycles. The first-order valence-electron chi connectivity index (χ1n) is 11.4. The monoisotopic (exact) mass is 390 g/mol. The van der Waals surface area contributed by atoms with Gasteiger partial charge >= 0.3 is 5.97 Å². The molecule has 0 fully saturated rings. The Labute approximate surface area is 173 Å². The van der Waals surface area contributed by atoms with E-state index in [2.05, 4.69) is 52.0 Å². The molecule has 0 amide bonds. The van der Waals surface area contributed by atoms with Crippen LogP contribution in [-0.4, -0.2) is 18.4 Å². The molecule has 0 N–H and O–H groups in total. The summed E-state index contributed by atoms with van der Waals surface area (Å²) < 4.78 is 11.4. The van der Waals surface area contributed by atoms with Crippen LogP contribution in [0.5, 0.6) is 0 Å². The van der Waals surface area contributed by atoms with Gasteiger partial charge in [-0.3, -0.25) is 4.79 Å². The maximum absolute atomic E-state index is 12.2. The van der Waals surface area contributed by atoms with E-state index in [-0.39, 0.29) is 12.1 Å². The molecular formula is C25H42O3. The average Bonchev–Trinajstić information content (AvgIpc) is 2.64. The van der Waals surface area contributed by atoms with Crippen LogP contribution in [0, 0.1) is 5.92 Å². The molecule has 28 heavy (non-hydrogen) atoms. The van der Waals surface area contributed by atoms with Crippen molar-refractivity contribution < 1.29 is 14.3 Å². The fraction of sp³-hybridized carbons (Fsp3) is 0.720. The Morgan fingerprint density at radius 2 is 1.46 bits per heavy atom. The van der Waals surface area contributed by atoms with Crippen LogP contribution in [0.15, 0.2) is 24.3 Å². The Morgan fingerprint density at radius 3 is 2.04 bits per heavy atom. The van der Waals surface area contributed by atoms with Crippen LogP contribution in [0.4, 0.5) is 0 Å². The molecule has 1 aromatic carbocycles. The maximum atomic E-state index is 12.2. The van der Waals surface area contributed by atoms with E-state index < -0.39 is 6.29 Å². The Bertz CT molecular complexity index is 517. The summed E-state index contributed by atoms with van der Waals surface area (Å²) in [4.78, 5) is 12.2. The highest BCUT2D eigenvalue weighted by molar-refractivity contribution is 5.72. The Kier molecular flexibility index (Phi) is 12.9. The third-order valence-corrected chi connectivity index (χ3v) is 5.16. The van der Waals surface area contributed by atoms with E-state index in [4.69, 9.17) is 9.47 Å². The standard InChI is InChI=1S/C25H42O3/c1-6-9-10-13-20(4)18-22-14-16-23(17-15-22)19-25(26)28-21(5)27-24(11-7-2)12-8-3/h14-17,20-21,24H,6-13,18-19H2,1-5H3. The topological polar surface area (TPSA) is 35.5 Å². The van der Waals surface area contributed by atoms with Gasteiger partial charge in [0.2, 0.25) is 0 Å². The van der Waals surface area contributed by atoms with Gasteiger partial charge in [-0.15, -0.1) is 0 Å². The van der Waals surface area contributed by atoms with Gasteiger partial charge in [0.15, 0.2) is 6.29 Å². The number of hydrogen-bond donors (Lipinski definition) is 0. The van der Waals surface area contributed by atoms with Crippen LogP contribution in [0.1, 0.15) is 97.1 Å². The summed E-state index contributed by atoms with van der Waals surface area (Å²) in [5, 5.41) is 0. The van der Waals surface area contributed by atoms with Crippen LogP contribution in [0.2, 0.25) is 0 Å². The molecule has 0 aliphatic rings. The second-order valence-electron chi connectivity index (χ2n) is 8.19. The number of carbonyl (C=O) groups excluding carboxylic acids is 1. The lowest BCUT2D eigenvalue weighted by Crippen LogP contribution is -2.25. The number of esters is 1. The maximum Gasteiger partial charge on any atom is 0.312 e. The van der Waals surface area contributed by atoms with Crippen molar-refractivity contribution in [3.63, 3.8) is 0 Å². The van der Waals surface area contributed by atoms with E-state index in [0.717, 1.165) is 37.7 Å². The Morgan fingerprint density at radius 1 is 0.857 bits per heavy atom. The van der Waals surface area contributed by atoms with Gasteiger partial charge in [0.25, 0.3) is 0 Å². The molecule has 0 aliphatic carbocycles. The minimum atomic E-state index is -0.487. The number of rotatable bonds is 15. The lowest BCUT2D eigenvalue weighted by atomic mass is 9.95. The molecule has 0 radical (unpaired) electrons. The summed E-state index contributed by atoms with van der Waals surface area (Å²) in [6.45, 7) is 10.7. The van der Waals surface area contributed by atoms with Crippen molar-refractivity contribution in [3.05, 3.63) is 35.4 Å². The minimum Gasteiger partial charge on any atom is -0.436 e. The van der Waals surface area contributed by atoms with Gasteiger partial charge in [0.05, 0.1) is 12.5 Å². The van der Waals surface area contributed by atoms with Gasteiger partial charge in [-0.2, -0.15) is 0 Å². The molecule has 2 atom stereocenters. The zero-order valence-electron chi connectivity index (χ0n) is 18.8. The van der Waals surface area contributed by atoms with E-state index in [9.17, 15) is 4.79 Å². The largest absolute Gasteiger partial charge is 0.436 e. The first-order valence-corrected chi connectivity index (χ1v) is 11.4. The van der Waals surface area contributed by atoms with Crippen LogP contribution < -0.4 is 0 Å². The average molecular weight is 391 g/mol. The van der Waals surface area contributed by atoms with Crippen LogP contribution in [0.25, 0.3) is 0 Å². The predicted octanol–water partition coefficient (Wildman–Crippen LogP) is 6.86. The van der Waals surface area contributed by atoms with Gasteiger partial charge in [0, 0.05) is 0 Å². The van der Waals surface area contributed by atoms with Crippen molar-refractivity contribution in [2.75, 3.05) is 0 Å². The minimum absolute atomic E-state index is 0.177. The lowest BCUT2D eigenvalue weighted by Gasteiger charge is -2.21. The molecule has 3 nitrogen and oxygen atoms in total. The third kappa shape index (κ3) is 10.8. The van der Waals surface area contributed by atoms with Gasteiger partial charge in [-0.05, 0) is 43.2 Å². The van der Waals surface area contributed by atoms with E-state index in [1.165, 1.54) is 31.2 Å². The van der Waals surface area contributed by atoms with E-state index in [0.29, 0.717) is 12.3 Å². The summed E-state index contributed by atoms with van der Waals surface area (Å²) in [6, 6.07) is 8.41. The van der Waals surface area contributed by atoms with Gasteiger partial charge in [0.1, 0.15) is 0 Å². The molecule has 0 saturated heterocycles. The lowest BCUT2D eigenvalue weighted by molar-refractivity contribution is -0.185. The normalized spacial score (nSPS) is 13.5. The van der Waals surface area contributed by atoms with Crippen molar-refractivity contribution >= 4 is 5.97 Å². The summed E-state index contributed by atoms with van der Waals surface area (Å²) in [5.41, 5.74) is 2.35. The molecule has 0 aromatic heterocycles. The summed E-state index contributed by atoms with van der Waals surface area (Å²) in [6.07, 6.45) is 10.5. The van der Waals surface area contributed by atoms with Crippen LogP contribution >= 0.6 is 0 Å². The third-order valence-electron chi connectivity index (χ3n) is 5.16. The molecule has 0 bridgehead atoms. The van der Waals surface area contributed by atoms with Crippen molar-refractivity contribution in [2.24, 2.45) is 5.92 Å². The fourth-order valence-corrected chi connectivity index (χ4v) is 3.66. The molecule has 0 saturated carbocycles. The molecular weight excluding hydrogens is 348 g/mol. The van der Waals surface area contributed by atoms with Crippen LogP contribution in [-0.2, 0) is 27.1 Å². The van der Waals surface area contributed by atoms with E-state index >= 15 is 0 Å². The highest BCUT2D eigenvalue weighted by atomic mass is 16.7. The SMILES string of the molecule is CCCCCC(C)Cc1ccc(CC(=O)OC(C)OC(CCC)CCC)cc1. The second-order valence-corrected chi connectivity index (χ2v) is 8.19. The summed E-state index contributed by atoms with van der Waals surface area (Å²) in [7, 11) is 0. The smallest absolute Gasteiger partial charge is 0.312 e. The van der Waals surface area contributed by atoms with Gasteiger partial charge < -0.3 is 9.47 Å². The number of hydrogen-bond acceptors (Lipinski definition) is 3. The zero-order valence-corrected chi connectivity index (χ0v) is 18.8. The molecule has 0 aliphatic heterocycles. The number of benzene rings is 1. The van der Waals surface area contributed by atoms with E-state index in [1.54, 1.807) is 0 Å². The Balaban J connectivity index is 2.41. The van der Waals surface area contributed by atoms with Gasteiger partial charge in [-0.25, -0.2) is 0 Å². The first-order chi connectivity index (χ1) is 13.5. The molecule has 1 aromatic rings. The number of ether oxygens (including phenoxy) is 2. The summed E-state index contributed by atoms with van der Waals surface area (Å²) in [5.74, 6) is 0.486. The molecule has 1 rings (SSSR count). The highest BCUT2D eigenvalue weighted by Crippen LogP contribution is 2.17. The Hall–Kier alpha value is -1.35. The quantitative estimate of drug-likeness (QED) is 0.186. The fourth-order valence-electron chi connectivity index (χ4n) is 3.66. The number of carbonyl (C=O) groups is 1. The van der Waals surface area contributed by atoms with Crippen molar-refractivity contribution in [3.8, 4) is 0 Å². The number of unbranched alkanes of at least 4 members (excludes halogenated alkanes) is 2. The zero-order chi connectivity index (χ0) is 20.8. The predicted molar refractivity (Wildman–Crippen MR) is 117 cm³/mol. The molecule has 3 heteroatoms. The highest BCUT2D eigenvalue weighted by Gasteiger charge is 2.16. The van der Waals surface area contributed by atoms with Gasteiger partial charge in [-0.1, -0.05) is 90.5 Å². The molecule has 0 spiro atoms. The van der Waals surface area contributed by atoms with E-state index in [1.807, 2.05) is 6.92 Å². The van der Waals surface area contributed by atoms with Crippen molar-refractivity contribution in [1.82, 2.24) is 0 Å². The van der Waals surface area contributed by atoms with Crippen molar-refractivity contribution in [2.45, 2.75) is 111 Å².